The maximum atomic E-state index is 10.1. The van der Waals surface area contributed by atoms with Crippen molar-refractivity contribution in [2.45, 2.75) is 32.1 Å². The number of unbranched alkanes of at least 4 members (excludes halogenated alkanes) is 4. The second-order valence-electron chi connectivity index (χ2n) is 2.54. The van der Waals surface area contributed by atoms with Crippen molar-refractivity contribution >= 4 is 33.0 Å². The van der Waals surface area contributed by atoms with Crippen molar-refractivity contribution in [1.82, 2.24) is 0 Å². The van der Waals surface area contributed by atoms with Crippen LogP contribution >= 0.6 is 27.5 Å². The first-order valence-corrected chi connectivity index (χ1v) is 5.65. The van der Waals surface area contributed by atoms with Crippen LogP contribution in [-0.2, 0) is 4.74 Å². The molecule has 4 heteroatoms. The van der Waals surface area contributed by atoms with E-state index in [0.717, 1.165) is 18.2 Å². The topological polar surface area (TPSA) is 26.3 Å². The van der Waals surface area contributed by atoms with Crippen molar-refractivity contribution in [3.05, 3.63) is 0 Å². The summed E-state index contributed by atoms with van der Waals surface area (Å²) in [6, 6.07) is 0. The maximum absolute atomic E-state index is 10.1. The largest absolute Gasteiger partial charge is 0.454 e. The predicted molar refractivity (Wildman–Crippen MR) is 54.1 cm³/mol. The number of carbonyl (C=O) groups is 1. The second-order valence-corrected chi connectivity index (χ2v) is 3.64. The molecule has 0 aromatic heterocycles. The van der Waals surface area contributed by atoms with Crippen LogP contribution in [-0.4, -0.2) is 17.4 Å². The summed E-state index contributed by atoms with van der Waals surface area (Å²) in [7, 11) is 0. The van der Waals surface area contributed by atoms with Crippen LogP contribution in [0.2, 0.25) is 0 Å². The third-order valence-electron chi connectivity index (χ3n) is 1.49. The molecule has 0 aliphatic rings. The normalized spacial score (nSPS) is 9.83. The molecule has 0 aliphatic carbocycles. The molecule has 12 heavy (non-hydrogen) atoms. The van der Waals surface area contributed by atoms with Gasteiger partial charge in [-0.3, -0.25) is 0 Å². The van der Waals surface area contributed by atoms with E-state index < -0.39 is 5.43 Å². The summed E-state index contributed by atoms with van der Waals surface area (Å²) in [5, 5.41) is 1.07. The summed E-state index contributed by atoms with van der Waals surface area (Å²) in [6.45, 7) is 0.455. The summed E-state index contributed by atoms with van der Waals surface area (Å²) >= 11 is 8.34. The van der Waals surface area contributed by atoms with E-state index in [1.807, 2.05) is 0 Å². The molecule has 0 unspecified atom stereocenters. The van der Waals surface area contributed by atoms with Gasteiger partial charge in [0, 0.05) is 16.9 Å². The molecular formula is C8H14BrClO2. The van der Waals surface area contributed by atoms with Gasteiger partial charge < -0.3 is 4.74 Å². The van der Waals surface area contributed by atoms with Crippen LogP contribution in [0.5, 0.6) is 0 Å². The Morgan fingerprint density at radius 1 is 1.17 bits per heavy atom. The van der Waals surface area contributed by atoms with Crippen molar-refractivity contribution in [2.75, 3.05) is 11.9 Å². The fourth-order valence-corrected chi connectivity index (χ4v) is 1.35. The van der Waals surface area contributed by atoms with Gasteiger partial charge in [-0.2, -0.15) is 0 Å². The van der Waals surface area contributed by atoms with Crippen molar-refractivity contribution in [2.24, 2.45) is 0 Å². The zero-order valence-corrected chi connectivity index (χ0v) is 9.36. The number of carbonyl (C=O) groups excluding carboxylic acids is 1. The van der Waals surface area contributed by atoms with Gasteiger partial charge in [0.1, 0.15) is 0 Å². The highest BCUT2D eigenvalue weighted by Gasteiger charge is 1.94. The van der Waals surface area contributed by atoms with Crippen LogP contribution in [0, 0.1) is 0 Å². The minimum atomic E-state index is -0.699. The fourth-order valence-electron chi connectivity index (χ4n) is 0.879. The molecule has 0 aromatic rings. The minimum Gasteiger partial charge on any atom is -0.454 e. The third kappa shape index (κ3) is 10.2. The van der Waals surface area contributed by atoms with Gasteiger partial charge in [0.05, 0.1) is 6.61 Å². The van der Waals surface area contributed by atoms with Crippen molar-refractivity contribution < 1.29 is 9.53 Å². The number of halogens is 2. The number of rotatable bonds is 7. The molecule has 0 spiro atoms. The zero-order valence-electron chi connectivity index (χ0n) is 7.02. The van der Waals surface area contributed by atoms with Crippen LogP contribution < -0.4 is 0 Å². The zero-order chi connectivity index (χ0) is 9.23. The molecule has 0 amide bonds. The Hall–Kier alpha value is 0.240. The molecule has 0 N–H and O–H groups in total. The lowest BCUT2D eigenvalue weighted by Crippen LogP contribution is -1.96. The molecule has 0 rings (SSSR count). The Labute approximate surface area is 86.7 Å². The summed E-state index contributed by atoms with van der Waals surface area (Å²) in [5.74, 6) is 0. The highest BCUT2D eigenvalue weighted by molar-refractivity contribution is 9.09. The number of ether oxygens (including phenoxy) is 1. The molecule has 72 valence electrons. The Morgan fingerprint density at radius 3 is 2.33 bits per heavy atom. The van der Waals surface area contributed by atoms with E-state index >= 15 is 0 Å². The number of hydrogen-bond acceptors (Lipinski definition) is 2. The van der Waals surface area contributed by atoms with Gasteiger partial charge in [-0.15, -0.1) is 0 Å². The molecule has 0 aliphatic heterocycles. The molecule has 2 nitrogen and oxygen atoms in total. The minimum absolute atomic E-state index is 0.455. The molecule has 0 saturated heterocycles. The lowest BCUT2D eigenvalue weighted by atomic mass is 10.2. The van der Waals surface area contributed by atoms with Gasteiger partial charge in [0.2, 0.25) is 0 Å². The van der Waals surface area contributed by atoms with E-state index in [9.17, 15) is 4.79 Å². The van der Waals surface area contributed by atoms with Crippen LogP contribution in [0.1, 0.15) is 32.1 Å². The van der Waals surface area contributed by atoms with E-state index in [0.29, 0.717) is 6.61 Å². The lowest BCUT2D eigenvalue weighted by Gasteiger charge is -1.99. The SMILES string of the molecule is O=C(Cl)OCCCCCCCBr. The average molecular weight is 258 g/mol. The van der Waals surface area contributed by atoms with Gasteiger partial charge in [-0.05, 0) is 12.8 Å². The van der Waals surface area contributed by atoms with E-state index in [4.69, 9.17) is 11.6 Å². The molecule has 0 radical (unpaired) electrons. The number of hydrogen-bond donors (Lipinski definition) is 0. The van der Waals surface area contributed by atoms with Gasteiger partial charge in [0.25, 0.3) is 0 Å². The van der Waals surface area contributed by atoms with Crippen molar-refractivity contribution in [3.63, 3.8) is 0 Å². The highest BCUT2D eigenvalue weighted by atomic mass is 79.9. The van der Waals surface area contributed by atoms with Gasteiger partial charge in [-0.1, -0.05) is 35.2 Å². The van der Waals surface area contributed by atoms with E-state index in [2.05, 4.69) is 20.7 Å². The summed E-state index contributed by atoms with van der Waals surface area (Å²) in [5.41, 5.74) is -0.699. The standard InChI is InChI=1S/C8H14BrClO2/c9-6-4-2-1-3-5-7-12-8(10)11/h1-7H2. The Kier molecular flexibility index (Phi) is 9.52. The van der Waals surface area contributed by atoms with Crippen molar-refractivity contribution in [1.29, 1.82) is 0 Å². The molecule has 0 atom stereocenters. The first-order valence-electron chi connectivity index (χ1n) is 4.15. The highest BCUT2D eigenvalue weighted by Crippen LogP contribution is 2.04. The Bertz CT molecular complexity index is 120. The monoisotopic (exact) mass is 256 g/mol. The van der Waals surface area contributed by atoms with Crippen LogP contribution in [0.3, 0.4) is 0 Å². The van der Waals surface area contributed by atoms with Crippen LogP contribution in [0.4, 0.5) is 4.79 Å². The first-order chi connectivity index (χ1) is 5.77. The van der Waals surface area contributed by atoms with E-state index in [1.54, 1.807) is 0 Å². The van der Waals surface area contributed by atoms with Gasteiger partial charge in [-0.25, -0.2) is 4.79 Å². The summed E-state index contributed by atoms with van der Waals surface area (Å²) in [6.07, 6.45) is 5.68. The predicted octanol–water partition coefficient (Wildman–Crippen LogP) is 3.71. The summed E-state index contributed by atoms with van der Waals surface area (Å²) < 4.78 is 4.57. The van der Waals surface area contributed by atoms with Crippen LogP contribution in [0.15, 0.2) is 0 Å². The second kappa shape index (κ2) is 9.33. The van der Waals surface area contributed by atoms with E-state index in [-0.39, 0.29) is 0 Å². The lowest BCUT2D eigenvalue weighted by molar-refractivity contribution is 0.171. The van der Waals surface area contributed by atoms with E-state index in [1.165, 1.54) is 19.3 Å². The summed E-state index contributed by atoms with van der Waals surface area (Å²) in [4.78, 5) is 10.1. The van der Waals surface area contributed by atoms with Gasteiger partial charge >= 0.3 is 5.43 Å². The molecule has 0 heterocycles. The molecule has 0 saturated carbocycles. The third-order valence-corrected chi connectivity index (χ3v) is 2.16. The van der Waals surface area contributed by atoms with Crippen molar-refractivity contribution in [3.8, 4) is 0 Å². The quantitative estimate of drug-likeness (QED) is 0.395. The maximum Gasteiger partial charge on any atom is 0.403 e. The smallest absolute Gasteiger partial charge is 0.403 e. The molecular weight excluding hydrogens is 243 g/mol. The van der Waals surface area contributed by atoms with Crippen LogP contribution in [0.25, 0.3) is 0 Å². The molecule has 0 aromatic carbocycles. The number of alkyl halides is 1. The van der Waals surface area contributed by atoms with Gasteiger partial charge in [0.15, 0.2) is 0 Å². The first kappa shape index (κ1) is 12.2. The Morgan fingerprint density at radius 2 is 1.75 bits per heavy atom. The molecule has 0 fully saturated rings. The molecule has 0 bridgehead atoms. The Balaban J connectivity index is 2.86. The fraction of sp³-hybridized carbons (Fsp3) is 0.875. The average Bonchev–Trinajstić information content (AvgIpc) is 2.02.